The maximum absolute atomic E-state index is 6.53. The fourth-order valence-electron chi connectivity index (χ4n) is 3.01. The van der Waals surface area contributed by atoms with Gasteiger partial charge in [0.05, 0.1) is 6.10 Å². The first-order valence-electron chi connectivity index (χ1n) is 7.17. The highest BCUT2D eigenvalue weighted by Gasteiger charge is 2.48. The van der Waals surface area contributed by atoms with Crippen LogP contribution in [0.5, 0.6) is 0 Å². The van der Waals surface area contributed by atoms with E-state index in [0.717, 1.165) is 18.9 Å². The molecule has 2 rings (SSSR count). The highest BCUT2D eigenvalue weighted by molar-refractivity contribution is 5.03. The summed E-state index contributed by atoms with van der Waals surface area (Å²) in [7, 11) is 0. The third-order valence-electron chi connectivity index (χ3n) is 4.23. The summed E-state index contributed by atoms with van der Waals surface area (Å²) in [5.41, 5.74) is 6.56. The summed E-state index contributed by atoms with van der Waals surface area (Å²) in [6.07, 6.45) is 12.1. The van der Waals surface area contributed by atoms with Crippen LogP contribution in [0.2, 0.25) is 0 Å². The molecule has 1 saturated heterocycles. The molecule has 16 heavy (non-hydrogen) atoms. The third kappa shape index (κ3) is 2.98. The lowest BCUT2D eigenvalue weighted by molar-refractivity contribution is 0.0594. The molecule has 2 fully saturated rings. The van der Waals surface area contributed by atoms with Crippen LogP contribution < -0.4 is 5.73 Å². The van der Waals surface area contributed by atoms with E-state index in [0.29, 0.717) is 6.10 Å². The van der Waals surface area contributed by atoms with Gasteiger partial charge in [0.1, 0.15) is 0 Å². The normalized spacial score (nSPS) is 34.5. The van der Waals surface area contributed by atoms with Crippen LogP contribution in [-0.2, 0) is 4.74 Å². The number of rotatable bonds is 7. The monoisotopic (exact) mass is 225 g/mol. The Bertz CT molecular complexity index is 215. The zero-order valence-corrected chi connectivity index (χ0v) is 10.7. The summed E-state index contributed by atoms with van der Waals surface area (Å²) in [5, 5.41) is 0. The van der Waals surface area contributed by atoms with Crippen LogP contribution in [0.1, 0.15) is 64.7 Å². The number of unbranched alkanes of at least 4 members (excludes halogenated alkanes) is 4. The minimum Gasteiger partial charge on any atom is -0.376 e. The van der Waals surface area contributed by atoms with E-state index in [1.807, 2.05) is 0 Å². The zero-order chi connectivity index (χ0) is 11.4. The quantitative estimate of drug-likeness (QED) is 0.675. The Morgan fingerprint density at radius 1 is 1.19 bits per heavy atom. The lowest BCUT2D eigenvalue weighted by atomic mass is 9.84. The molecule has 1 saturated carbocycles. The van der Waals surface area contributed by atoms with E-state index in [4.69, 9.17) is 10.5 Å². The molecule has 0 bridgehead atoms. The molecule has 1 aliphatic heterocycles. The van der Waals surface area contributed by atoms with Gasteiger partial charge < -0.3 is 10.5 Å². The van der Waals surface area contributed by atoms with Gasteiger partial charge in [0, 0.05) is 12.1 Å². The Hall–Kier alpha value is -0.0800. The van der Waals surface area contributed by atoms with Crippen molar-refractivity contribution >= 4 is 0 Å². The maximum Gasteiger partial charge on any atom is 0.0783 e. The molecule has 0 aromatic heterocycles. The van der Waals surface area contributed by atoms with Gasteiger partial charge in [-0.1, -0.05) is 39.0 Å². The summed E-state index contributed by atoms with van der Waals surface area (Å²) in [6, 6.07) is 0. The number of ether oxygens (including phenoxy) is 1. The van der Waals surface area contributed by atoms with E-state index >= 15 is 0 Å². The molecule has 2 N–H and O–H groups in total. The molecule has 94 valence electrons. The Kier molecular flexibility index (Phi) is 4.26. The Labute approximate surface area is 99.9 Å². The SMILES string of the molecule is CCCCCCCC1(N)CCOC1C1CC1. The van der Waals surface area contributed by atoms with Gasteiger partial charge in [0.15, 0.2) is 0 Å². The van der Waals surface area contributed by atoms with Crippen LogP contribution in [-0.4, -0.2) is 18.2 Å². The summed E-state index contributed by atoms with van der Waals surface area (Å²) in [6.45, 7) is 3.16. The van der Waals surface area contributed by atoms with Crippen LogP contribution >= 0.6 is 0 Å². The first kappa shape index (κ1) is 12.4. The largest absolute Gasteiger partial charge is 0.376 e. The van der Waals surface area contributed by atoms with E-state index in [1.54, 1.807) is 0 Å². The van der Waals surface area contributed by atoms with Gasteiger partial charge in [-0.3, -0.25) is 0 Å². The predicted molar refractivity (Wildman–Crippen MR) is 67.4 cm³/mol. The number of hydrogen-bond acceptors (Lipinski definition) is 2. The van der Waals surface area contributed by atoms with Crippen LogP contribution in [0, 0.1) is 5.92 Å². The average molecular weight is 225 g/mol. The van der Waals surface area contributed by atoms with Crippen molar-refractivity contribution in [2.45, 2.75) is 76.4 Å². The van der Waals surface area contributed by atoms with Crippen molar-refractivity contribution in [3.8, 4) is 0 Å². The average Bonchev–Trinajstić information content (AvgIpc) is 3.03. The second-order valence-electron chi connectivity index (χ2n) is 5.78. The minimum atomic E-state index is 0.0212. The van der Waals surface area contributed by atoms with Crippen molar-refractivity contribution in [1.82, 2.24) is 0 Å². The first-order valence-corrected chi connectivity index (χ1v) is 7.17. The molecular weight excluding hydrogens is 198 g/mol. The number of nitrogens with two attached hydrogens (primary N) is 1. The second-order valence-corrected chi connectivity index (χ2v) is 5.78. The first-order chi connectivity index (χ1) is 7.76. The highest BCUT2D eigenvalue weighted by Crippen LogP contribution is 2.44. The molecule has 1 aliphatic carbocycles. The van der Waals surface area contributed by atoms with E-state index in [1.165, 1.54) is 51.4 Å². The van der Waals surface area contributed by atoms with Crippen LogP contribution in [0.4, 0.5) is 0 Å². The standard InChI is InChI=1S/C14H27NO/c1-2-3-4-5-6-9-14(15)10-11-16-13(14)12-7-8-12/h12-13H,2-11,15H2,1H3. The van der Waals surface area contributed by atoms with E-state index < -0.39 is 0 Å². The van der Waals surface area contributed by atoms with Gasteiger partial charge in [-0.2, -0.15) is 0 Å². The van der Waals surface area contributed by atoms with Crippen LogP contribution in [0.25, 0.3) is 0 Å². The molecule has 0 spiro atoms. The summed E-state index contributed by atoms with van der Waals surface area (Å²) in [4.78, 5) is 0. The lowest BCUT2D eigenvalue weighted by Crippen LogP contribution is -2.48. The molecule has 2 heteroatoms. The van der Waals surface area contributed by atoms with Gasteiger partial charge in [0.25, 0.3) is 0 Å². The van der Waals surface area contributed by atoms with Crippen molar-refractivity contribution < 1.29 is 4.74 Å². The number of hydrogen-bond donors (Lipinski definition) is 1. The lowest BCUT2D eigenvalue weighted by Gasteiger charge is -2.30. The summed E-state index contributed by atoms with van der Waals surface area (Å²) < 4.78 is 5.85. The van der Waals surface area contributed by atoms with Gasteiger partial charge in [-0.15, -0.1) is 0 Å². The fraction of sp³-hybridized carbons (Fsp3) is 1.00. The van der Waals surface area contributed by atoms with Crippen molar-refractivity contribution in [2.24, 2.45) is 11.7 Å². The molecule has 0 aromatic carbocycles. The Balaban J connectivity index is 1.69. The van der Waals surface area contributed by atoms with Crippen molar-refractivity contribution in [2.75, 3.05) is 6.61 Å². The molecule has 2 atom stereocenters. The molecule has 0 radical (unpaired) electrons. The minimum absolute atomic E-state index is 0.0212. The molecule has 2 nitrogen and oxygen atoms in total. The molecule has 0 aromatic rings. The van der Waals surface area contributed by atoms with Crippen molar-refractivity contribution in [3.63, 3.8) is 0 Å². The predicted octanol–water partition coefficient (Wildman–Crippen LogP) is 3.24. The highest BCUT2D eigenvalue weighted by atomic mass is 16.5. The second kappa shape index (κ2) is 5.50. The third-order valence-corrected chi connectivity index (χ3v) is 4.23. The smallest absolute Gasteiger partial charge is 0.0783 e. The topological polar surface area (TPSA) is 35.2 Å². The maximum atomic E-state index is 6.53. The van der Waals surface area contributed by atoms with Gasteiger partial charge >= 0.3 is 0 Å². The fourth-order valence-corrected chi connectivity index (χ4v) is 3.01. The van der Waals surface area contributed by atoms with Crippen molar-refractivity contribution in [1.29, 1.82) is 0 Å². The van der Waals surface area contributed by atoms with Gasteiger partial charge in [-0.25, -0.2) is 0 Å². The molecule has 0 amide bonds. The Morgan fingerprint density at radius 2 is 1.94 bits per heavy atom. The van der Waals surface area contributed by atoms with Crippen molar-refractivity contribution in [3.05, 3.63) is 0 Å². The zero-order valence-electron chi connectivity index (χ0n) is 10.7. The summed E-state index contributed by atoms with van der Waals surface area (Å²) >= 11 is 0. The van der Waals surface area contributed by atoms with E-state index in [-0.39, 0.29) is 5.54 Å². The molecule has 2 aliphatic rings. The van der Waals surface area contributed by atoms with Crippen LogP contribution in [0.15, 0.2) is 0 Å². The summed E-state index contributed by atoms with van der Waals surface area (Å²) in [5.74, 6) is 0.795. The molecular formula is C14H27NO. The molecule has 1 heterocycles. The van der Waals surface area contributed by atoms with Crippen LogP contribution in [0.3, 0.4) is 0 Å². The Morgan fingerprint density at radius 3 is 2.62 bits per heavy atom. The van der Waals surface area contributed by atoms with E-state index in [9.17, 15) is 0 Å². The molecule has 2 unspecified atom stereocenters. The van der Waals surface area contributed by atoms with Gasteiger partial charge in [0.2, 0.25) is 0 Å². The van der Waals surface area contributed by atoms with Gasteiger partial charge in [-0.05, 0) is 31.6 Å². The van der Waals surface area contributed by atoms with E-state index in [2.05, 4.69) is 6.92 Å².